The van der Waals surface area contributed by atoms with Gasteiger partial charge in [0.15, 0.2) is 6.10 Å². The SMILES string of the molecule is CCCCCCC/C=C\CCCCCCCC(=O)OCC(COC(=O)CCCCCCCCCCC)OC(=O)CCCCCCCCCCCCC. The summed E-state index contributed by atoms with van der Waals surface area (Å²) in [7, 11) is 0. The lowest BCUT2D eigenvalue weighted by atomic mass is 10.1. The number of allylic oxidation sites excluding steroid dienone is 2. The molecule has 0 aliphatic heterocycles. The van der Waals surface area contributed by atoms with Gasteiger partial charge < -0.3 is 14.2 Å². The van der Waals surface area contributed by atoms with Crippen LogP contribution in [0.15, 0.2) is 12.2 Å². The summed E-state index contributed by atoms with van der Waals surface area (Å²) in [6.07, 6.45) is 43.3. The summed E-state index contributed by atoms with van der Waals surface area (Å²) in [5, 5.41) is 0. The molecule has 306 valence electrons. The van der Waals surface area contributed by atoms with Crippen molar-refractivity contribution in [1.29, 1.82) is 0 Å². The summed E-state index contributed by atoms with van der Waals surface area (Å²) < 4.78 is 16.7. The minimum atomic E-state index is -0.763. The van der Waals surface area contributed by atoms with E-state index >= 15 is 0 Å². The molecule has 0 saturated heterocycles. The highest BCUT2D eigenvalue weighted by Gasteiger charge is 2.19. The van der Waals surface area contributed by atoms with Crippen molar-refractivity contribution in [3.8, 4) is 0 Å². The predicted octanol–water partition coefficient (Wildman–Crippen LogP) is 14.3. The quantitative estimate of drug-likeness (QED) is 0.0269. The maximum Gasteiger partial charge on any atom is 0.306 e. The van der Waals surface area contributed by atoms with Crippen LogP contribution in [0.4, 0.5) is 0 Å². The molecular weight excluding hydrogens is 648 g/mol. The Morgan fingerprint density at radius 3 is 0.962 bits per heavy atom. The van der Waals surface area contributed by atoms with Crippen LogP contribution in [0.1, 0.15) is 245 Å². The average molecular weight is 735 g/mol. The Bertz CT molecular complexity index is 809. The third-order valence-electron chi connectivity index (χ3n) is 10.0. The van der Waals surface area contributed by atoms with Crippen LogP contribution in [0.5, 0.6) is 0 Å². The largest absolute Gasteiger partial charge is 0.462 e. The number of rotatable bonds is 41. The molecule has 0 aromatic rings. The Morgan fingerprint density at radius 2 is 0.635 bits per heavy atom. The van der Waals surface area contributed by atoms with E-state index in [1.165, 1.54) is 141 Å². The maximum atomic E-state index is 12.7. The smallest absolute Gasteiger partial charge is 0.306 e. The van der Waals surface area contributed by atoms with Gasteiger partial charge in [0.05, 0.1) is 0 Å². The summed E-state index contributed by atoms with van der Waals surface area (Å²) in [5.41, 5.74) is 0. The molecule has 0 saturated carbocycles. The van der Waals surface area contributed by atoms with Crippen LogP contribution >= 0.6 is 0 Å². The van der Waals surface area contributed by atoms with Crippen molar-refractivity contribution >= 4 is 17.9 Å². The fraction of sp³-hybridized carbons (Fsp3) is 0.891. The molecule has 52 heavy (non-hydrogen) atoms. The van der Waals surface area contributed by atoms with Crippen LogP contribution < -0.4 is 0 Å². The van der Waals surface area contributed by atoms with Crippen molar-refractivity contribution < 1.29 is 28.6 Å². The molecule has 1 atom stereocenters. The van der Waals surface area contributed by atoms with Gasteiger partial charge in [0.1, 0.15) is 13.2 Å². The molecule has 0 amide bonds. The molecule has 0 spiro atoms. The number of unbranched alkanes of at least 4 members (excludes halogenated alkanes) is 28. The zero-order valence-electron chi connectivity index (χ0n) is 34.8. The Morgan fingerprint density at radius 1 is 0.365 bits per heavy atom. The van der Waals surface area contributed by atoms with Crippen molar-refractivity contribution in [2.24, 2.45) is 0 Å². The molecule has 0 radical (unpaired) electrons. The topological polar surface area (TPSA) is 78.9 Å². The van der Waals surface area contributed by atoms with Crippen molar-refractivity contribution in [2.75, 3.05) is 13.2 Å². The van der Waals surface area contributed by atoms with Crippen molar-refractivity contribution in [1.82, 2.24) is 0 Å². The molecule has 0 N–H and O–H groups in total. The maximum absolute atomic E-state index is 12.7. The molecule has 6 heteroatoms. The third kappa shape index (κ3) is 39.4. The van der Waals surface area contributed by atoms with Gasteiger partial charge in [0.2, 0.25) is 0 Å². The van der Waals surface area contributed by atoms with Crippen LogP contribution in [0.2, 0.25) is 0 Å². The fourth-order valence-corrected chi connectivity index (χ4v) is 6.55. The lowest BCUT2D eigenvalue weighted by Crippen LogP contribution is -2.30. The third-order valence-corrected chi connectivity index (χ3v) is 10.0. The molecule has 0 aliphatic carbocycles. The Hall–Kier alpha value is -1.85. The van der Waals surface area contributed by atoms with Gasteiger partial charge in [-0.1, -0.05) is 193 Å². The molecule has 0 aromatic heterocycles. The van der Waals surface area contributed by atoms with E-state index in [9.17, 15) is 14.4 Å². The number of hydrogen-bond donors (Lipinski definition) is 0. The van der Waals surface area contributed by atoms with Gasteiger partial charge in [-0.15, -0.1) is 0 Å². The number of esters is 3. The Labute approximate surface area is 322 Å². The summed E-state index contributed by atoms with van der Waals surface area (Å²) >= 11 is 0. The van der Waals surface area contributed by atoms with E-state index in [0.29, 0.717) is 19.3 Å². The average Bonchev–Trinajstić information content (AvgIpc) is 3.14. The van der Waals surface area contributed by atoms with Gasteiger partial charge in [0, 0.05) is 19.3 Å². The van der Waals surface area contributed by atoms with Crippen molar-refractivity contribution in [3.05, 3.63) is 12.2 Å². The van der Waals surface area contributed by atoms with Gasteiger partial charge in [-0.05, 0) is 44.9 Å². The highest BCUT2D eigenvalue weighted by molar-refractivity contribution is 5.71. The highest BCUT2D eigenvalue weighted by atomic mass is 16.6. The summed E-state index contributed by atoms with van der Waals surface area (Å²) in [5.74, 6) is -0.873. The molecule has 1 unspecified atom stereocenters. The minimum Gasteiger partial charge on any atom is -0.462 e. The van der Waals surface area contributed by atoms with E-state index in [4.69, 9.17) is 14.2 Å². The number of carbonyl (C=O) groups is 3. The molecule has 0 fully saturated rings. The standard InChI is InChI=1S/C46H86O6/c1-4-7-10-13-16-19-21-22-23-25-27-30-33-36-39-45(48)51-42-43(41-50-44(47)38-35-32-29-26-18-15-12-9-6-3)52-46(49)40-37-34-31-28-24-20-17-14-11-8-5-2/h21-22,43H,4-20,23-42H2,1-3H3/b22-21-. The van der Waals surface area contributed by atoms with Gasteiger partial charge in [0.25, 0.3) is 0 Å². The van der Waals surface area contributed by atoms with Crippen LogP contribution in [0, 0.1) is 0 Å². The predicted molar refractivity (Wildman–Crippen MR) is 220 cm³/mol. The normalized spacial score (nSPS) is 12.0. The van der Waals surface area contributed by atoms with Crippen LogP contribution in [0.3, 0.4) is 0 Å². The number of carbonyl (C=O) groups excluding carboxylic acids is 3. The van der Waals surface area contributed by atoms with Gasteiger partial charge in [-0.2, -0.15) is 0 Å². The summed E-state index contributed by atoms with van der Waals surface area (Å²) in [6, 6.07) is 0. The molecule has 0 aromatic carbocycles. The first-order valence-corrected chi connectivity index (χ1v) is 22.7. The van der Waals surface area contributed by atoms with Gasteiger partial charge in [-0.3, -0.25) is 14.4 Å². The highest BCUT2D eigenvalue weighted by Crippen LogP contribution is 2.15. The van der Waals surface area contributed by atoms with Crippen molar-refractivity contribution in [3.63, 3.8) is 0 Å². The monoisotopic (exact) mass is 735 g/mol. The Kier molecular flexibility index (Phi) is 40.4. The minimum absolute atomic E-state index is 0.0686. The molecule has 0 heterocycles. The first kappa shape index (κ1) is 50.1. The van der Waals surface area contributed by atoms with Gasteiger partial charge in [-0.25, -0.2) is 0 Å². The summed E-state index contributed by atoms with van der Waals surface area (Å²) in [4.78, 5) is 37.6. The van der Waals surface area contributed by atoms with E-state index in [2.05, 4.69) is 32.9 Å². The first-order chi connectivity index (χ1) is 25.5. The zero-order chi connectivity index (χ0) is 38.0. The van der Waals surface area contributed by atoms with E-state index < -0.39 is 6.10 Å². The van der Waals surface area contributed by atoms with E-state index in [-0.39, 0.29) is 31.1 Å². The number of ether oxygens (including phenoxy) is 3. The van der Waals surface area contributed by atoms with E-state index in [0.717, 1.165) is 64.2 Å². The van der Waals surface area contributed by atoms with Crippen LogP contribution in [-0.4, -0.2) is 37.2 Å². The second-order valence-corrected chi connectivity index (χ2v) is 15.3. The second-order valence-electron chi connectivity index (χ2n) is 15.3. The lowest BCUT2D eigenvalue weighted by Gasteiger charge is -2.18. The van der Waals surface area contributed by atoms with Crippen molar-refractivity contribution in [2.45, 2.75) is 252 Å². The van der Waals surface area contributed by atoms with Crippen LogP contribution in [0.25, 0.3) is 0 Å². The molecule has 0 bridgehead atoms. The van der Waals surface area contributed by atoms with E-state index in [1.54, 1.807) is 0 Å². The second kappa shape index (κ2) is 41.9. The first-order valence-electron chi connectivity index (χ1n) is 22.7. The zero-order valence-corrected chi connectivity index (χ0v) is 34.8. The number of hydrogen-bond acceptors (Lipinski definition) is 6. The summed E-state index contributed by atoms with van der Waals surface area (Å²) in [6.45, 7) is 6.60. The fourth-order valence-electron chi connectivity index (χ4n) is 6.55. The molecule has 0 rings (SSSR count). The molecular formula is C46H86O6. The van der Waals surface area contributed by atoms with E-state index in [1.807, 2.05) is 0 Å². The van der Waals surface area contributed by atoms with Gasteiger partial charge >= 0.3 is 17.9 Å². The van der Waals surface area contributed by atoms with Crippen LogP contribution in [-0.2, 0) is 28.6 Å². The lowest BCUT2D eigenvalue weighted by molar-refractivity contribution is -0.167. The Balaban J connectivity index is 4.33. The molecule has 6 nitrogen and oxygen atoms in total. The molecule has 0 aliphatic rings.